The Morgan fingerprint density at radius 2 is 2.11 bits per heavy atom. The molecule has 1 aromatic carbocycles. The van der Waals surface area contributed by atoms with Crippen LogP contribution < -0.4 is 5.73 Å². The molecule has 1 heterocycles. The lowest BCUT2D eigenvalue weighted by atomic mass is 9.98. The van der Waals surface area contributed by atoms with Crippen molar-refractivity contribution in [3.8, 4) is 6.07 Å². The molecule has 4 heteroatoms. The molecule has 0 radical (unpaired) electrons. The minimum Gasteiger partial charge on any atom is -0.366 e. The van der Waals surface area contributed by atoms with E-state index in [1.54, 1.807) is 18.5 Å². The highest BCUT2D eigenvalue weighted by Crippen LogP contribution is 2.20. The quantitative estimate of drug-likeness (QED) is 0.869. The molecule has 1 aliphatic heterocycles. The van der Waals surface area contributed by atoms with Crippen LogP contribution in [0.2, 0.25) is 0 Å². The Labute approximate surface area is 106 Å². The summed E-state index contributed by atoms with van der Waals surface area (Å²) in [5.74, 6) is -1.10. The molecule has 0 aliphatic carbocycles. The van der Waals surface area contributed by atoms with Gasteiger partial charge in [0.25, 0.3) is 0 Å². The number of hydrogen-bond acceptors (Lipinski definition) is 3. The van der Waals surface area contributed by atoms with E-state index in [0.29, 0.717) is 12.1 Å². The lowest BCUT2D eigenvalue weighted by molar-refractivity contribution is -0.114. The summed E-state index contributed by atoms with van der Waals surface area (Å²) in [7, 11) is 0. The lowest BCUT2D eigenvalue weighted by Gasteiger charge is -2.22. The van der Waals surface area contributed by atoms with Gasteiger partial charge in [-0.25, -0.2) is 0 Å². The van der Waals surface area contributed by atoms with Gasteiger partial charge in [-0.3, -0.25) is 4.79 Å². The number of allylic oxidation sites excluding steroid dienone is 1. The summed E-state index contributed by atoms with van der Waals surface area (Å²) in [6.45, 7) is 0.645. The highest BCUT2D eigenvalue weighted by Gasteiger charge is 2.20. The van der Waals surface area contributed by atoms with E-state index in [2.05, 4.69) is 0 Å². The van der Waals surface area contributed by atoms with E-state index in [0.717, 1.165) is 5.56 Å². The molecule has 0 spiro atoms. The van der Waals surface area contributed by atoms with Gasteiger partial charge in [-0.2, -0.15) is 5.26 Å². The topological polar surface area (TPSA) is 70.1 Å². The fourth-order valence-corrected chi connectivity index (χ4v) is 1.82. The summed E-state index contributed by atoms with van der Waals surface area (Å²) in [4.78, 5) is 13.1. The first kappa shape index (κ1) is 11.9. The summed E-state index contributed by atoms with van der Waals surface area (Å²) in [5, 5.41) is 8.92. The van der Waals surface area contributed by atoms with Crippen LogP contribution in [0.15, 0.2) is 54.4 Å². The first-order valence-corrected chi connectivity index (χ1v) is 5.60. The molecule has 1 atom stereocenters. The number of hydrogen-bond donors (Lipinski definition) is 1. The van der Waals surface area contributed by atoms with Crippen molar-refractivity contribution in [3.63, 3.8) is 0 Å². The monoisotopic (exact) mass is 239 g/mol. The van der Waals surface area contributed by atoms with E-state index < -0.39 is 11.8 Å². The van der Waals surface area contributed by atoms with Crippen molar-refractivity contribution in [2.45, 2.75) is 6.54 Å². The van der Waals surface area contributed by atoms with Crippen LogP contribution in [0.3, 0.4) is 0 Å². The second kappa shape index (κ2) is 5.19. The zero-order valence-corrected chi connectivity index (χ0v) is 9.78. The van der Waals surface area contributed by atoms with E-state index >= 15 is 0 Å². The number of carbonyl (C=O) groups is 1. The first-order chi connectivity index (χ1) is 8.70. The molecule has 0 fully saturated rings. The molecule has 4 nitrogen and oxygen atoms in total. The average Bonchev–Trinajstić information content (AvgIpc) is 2.40. The normalized spacial score (nSPS) is 18.1. The number of nitriles is 1. The molecule has 1 aliphatic rings. The molecule has 2 rings (SSSR count). The van der Waals surface area contributed by atoms with Crippen LogP contribution in [0.1, 0.15) is 5.56 Å². The van der Waals surface area contributed by atoms with Crippen molar-refractivity contribution in [1.29, 1.82) is 5.26 Å². The number of nitrogens with zero attached hydrogens (tertiary/aromatic N) is 2. The van der Waals surface area contributed by atoms with Gasteiger partial charge in [-0.1, -0.05) is 30.3 Å². The summed E-state index contributed by atoms with van der Waals surface area (Å²) >= 11 is 0. The zero-order chi connectivity index (χ0) is 13.0. The van der Waals surface area contributed by atoms with Gasteiger partial charge >= 0.3 is 0 Å². The fourth-order valence-electron chi connectivity index (χ4n) is 1.82. The van der Waals surface area contributed by atoms with Gasteiger partial charge in [0.15, 0.2) is 0 Å². The third-order valence-corrected chi connectivity index (χ3v) is 2.74. The maximum absolute atomic E-state index is 11.3. The molecule has 0 bridgehead atoms. The van der Waals surface area contributed by atoms with Crippen molar-refractivity contribution >= 4 is 5.91 Å². The molecular formula is C14H13N3O. The van der Waals surface area contributed by atoms with Crippen molar-refractivity contribution < 1.29 is 4.79 Å². The minimum atomic E-state index is -0.552. The Hall–Kier alpha value is -2.54. The highest BCUT2D eigenvalue weighted by molar-refractivity contribution is 5.93. The SMILES string of the molecule is N#C[C@H]1C=CN(Cc2ccccc2)C=C1C(N)=O. The Morgan fingerprint density at radius 1 is 1.39 bits per heavy atom. The average molecular weight is 239 g/mol. The highest BCUT2D eigenvalue weighted by atomic mass is 16.1. The van der Waals surface area contributed by atoms with Gasteiger partial charge in [-0.05, 0) is 11.6 Å². The third kappa shape index (κ3) is 2.58. The van der Waals surface area contributed by atoms with E-state index in [1.165, 1.54) is 0 Å². The van der Waals surface area contributed by atoms with Gasteiger partial charge < -0.3 is 10.6 Å². The minimum absolute atomic E-state index is 0.330. The van der Waals surface area contributed by atoms with E-state index in [4.69, 9.17) is 11.0 Å². The number of primary amides is 1. The number of benzene rings is 1. The molecule has 0 saturated carbocycles. The van der Waals surface area contributed by atoms with Gasteiger partial charge in [-0.15, -0.1) is 0 Å². The standard InChI is InChI=1S/C14H13N3O/c15-8-12-6-7-17(10-13(12)14(16)18)9-11-4-2-1-3-5-11/h1-7,10,12H,9H2,(H2,16,18)/t12-/m1/s1. The third-order valence-electron chi connectivity index (χ3n) is 2.74. The molecular weight excluding hydrogens is 226 g/mol. The summed E-state index contributed by atoms with van der Waals surface area (Å²) in [5.41, 5.74) is 6.72. The largest absolute Gasteiger partial charge is 0.366 e. The van der Waals surface area contributed by atoms with Crippen LogP contribution in [0, 0.1) is 17.2 Å². The van der Waals surface area contributed by atoms with E-state index in [-0.39, 0.29) is 0 Å². The second-order valence-electron chi connectivity index (χ2n) is 4.05. The van der Waals surface area contributed by atoms with Crippen LogP contribution in [0.4, 0.5) is 0 Å². The Balaban J connectivity index is 2.17. The second-order valence-corrected chi connectivity index (χ2v) is 4.05. The Bertz CT molecular complexity index is 540. The summed E-state index contributed by atoms with van der Waals surface area (Å²) < 4.78 is 0. The molecule has 0 unspecified atom stereocenters. The predicted octanol–water partition coefficient (Wildman–Crippen LogP) is 1.52. The lowest BCUT2D eigenvalue weighted by Crippen LogP contribution is -2.25. The first-order valence-electron chi connectivity index (χ1n) is 5.60. The maximum atomic E-state index is 11.3. The van der Waals surface area contributed by atoms with Crippen molar-refractivity contribution in [2.24, 2.45) is 11.7 Å². The predicted molar refractivity (Wildman–Crippen MR) is 67.5 cm³/mol. The van der Waals surface area contributed by atoms with Crippen LogP contribution in [-0.4, -0.2) is 10.8 Å². The zero-order valence-electron chi connectivity index (χ0n) is 9.78. The Kier molecular flexibility index (Phi) is 3.44. The number of amides is 1. The molecule has 1 aromatic rings. The summed E-state index contributed by atoms with van der Waals surface area (Å²) in [6, 6.07) is 11.9. The van der Waals surface area contributed by atoms with Gasteiger partial charge in [0.1, 0.15) is 0 Å². The van der Waals surface area contributed by atoms with Crippen LogP contribution >= 0.6 is 0 Å². The van der Waals surface area contributed by atoms with Gasteiger partial charge in [0.05, 0.1) is 17.6 Å². The van der Waals surface area contributed by atoms with Gasteiger partial charge in [0.2, 0.25) is 5.91 Å². The van der Waals surface area contributed by atoms with Crippen molar-refractivity contribution in [3.05, 3.63) is 59.9 Å². The molecule has 1 amide bonds. The molecule has 0 saturated heterocycles. The van der Waals surface area contributed by atoms with E-state index in [9.17, 15) is 4.79 Å². The maximum Gasteiger partial charge on any atom is 0.247 e. The number of rotatable bonds is 3. The van der Waals surface area contributed by atoms with Crippen molar-refractivity contribution in [1.82, 2.24) is 4.90 Å². The molecule has 0 aromatic heterocycles. The van der Waals surface area contributed by atoms with Crippen LogP contribution in [-0.2, 0) is 11.3 Å². The van der Waals surface area contributed by atoms with Crippen LogP contribution in [0.25, 0.3) is 0 Å². The fraction of sp³-hybridized carbons (Fsp3) is 0.143. The van der Waals surface area contributed by atoms with Crippen molar-refractivity contribution in [2.75, 3.05) is 0 Å². The van der Waals surface area contributed by atoms with E-state index in [1.807, 2.05) is 41.3 Å². The van der Waals surface area contributed by atoms with Gasteiger partial charge in [0, 0.05) is 18.9 Å². The number of carbonyl (C=O) groups excluding carboxylic acids is 1. The molecule has 2 N–H and O–H groups in total. The number of nitrogens with two attached hydrogens (primary N) is 1. The molecule has 18 heavy (non-hydrogen) atoms. The smallest absolute Gasteiger partial charge is 0.247 e. The summed E-state index contributed by atoms with van der Waals surface area (Å²) in [6.07, 6.45) is 5.12. The Morgan fingerprint density at radius 3 is 2.72 bits per heavy atom. The molecule has 90 valence electrons. The van der Waals surface area contributed by atoms with Crippen LogP contribution in [0.5, 0.6) is 0 Å².